The van der Waals surface area contributed by atoms with Gasteiger partial charge in [0.05, 0.1) is 5.69 Å². The van der Waals surface area contributed by atoms with Gasteiger partial charge >= 0.3 is 0 Å². The van der Waals surface area contributed by atoms with Crippen molar-refractivity contribution in [3.05, 3.63) is 90.2 Å². The lowest BCUT2D eigenvalue weighted by Crippen LogP contribution is -1.81. The Morgan fingerprint density at radius 1 is 0.714 bits per heavy atom. The standard InChI is InChI=1S/C19H14FN/c20-18-11-9-15(10-12-18)14-21-19-8-4-7-17(13-19)16-5-2-1-3-6-16/h1-14H/b21-14+. The molecule has 0 fully saturated rings. The monoisotopic (exact) mass is 275 g/mol. The minimum atomic E-state index is -0.238. The lowest BCUT2D eigenvalue weighted by atomic mass is 10.1. The highest BCUT2D eigenvalue weighted by molar-refractivity contribution is 5.82. The molecule has 0 atom stereocenters. The highest BCUT2D eigenvalue weighted by atomic mass is 19.1. The summed E-state index contributed by atoms with van der Waals surface area (Å²) in [5, 5.41) is 0. The van der Waals surface area contributed by atoms with Gasteiger partial charge in [0.25, 0.3) is 0 Å². The molecule has 0 aliphatic heterocycles. The van der Waals surface area contributed by atoms with E-state index in [9.17, 15) is 4.39 Å². The van der Waals surface area contributed by atoms with E-state index in [1.165, 1.54) is 12.1 Å². The fourth-order valence-corrected chi connectivity index (χ4v) is 2.09. The molecule has 0 spiro atoms. The van der Waals surface area contributed by atoms with Crippen molar-refractivity contribution in [2.75, 3.05) is 0 Å². The van der Waals surface area contributed by atoms with Crippen molar-refractivity contribution in [2.24, 2.45) is 4.99 Å². The molecule has 0 aliphatic carbocycles. The summed E-state index contributed by atoms with van der Waals surface area (Å²) in [5.74, 6) is -0.238. The van der Waals surface area contributed by atoms with Crippen LogP contribution in [-0.2, 0) is 0 Å². The van der Waals surface area contributed by atoms with Gasteiger partial charge in [0.15, 0.2) is 0 Å². The smallest absolute Gasteiger partial charge is 0.123 e. The van der Waals surface area contributed by atoms with Crippen LogP contribution < -0.4 is 0 Å². The predicted molar refractivity (Wildman–Crippen MR) is 85.5 cm³/mol. The molecule has 0 heterocycles. The predicted octanol–water partition coefficient (Wildman–Crippen LogP) is 5.24. The second-order valence-corrected chi connectivity index (χ2v) is 4.73. The van der Waals surface area contributed by atoms with Crippen molar-refractivity contribution in [3.63, 3.8) is 0 Å². The van der Waals surface area contributed by atoms with Crippen LogP contribution in [0.3, 0.4) is 0 Å². The Morgan fingerprint density at radius 3 is 2.19 bits per heavy atom. The highest BCUT2D eigenvalue weighted by Gasteiger charge is 1.97. The van der Waals surface area contributed by atoms with Crippen LogP contribution in [0.25, 0.3) is 11.1 Å². The molecule has 0 amide bonds. The summed E-state index contributed by atoms with van der Waals surface area (Å²) in [7, 11) is 0. The van der Waals surface area contributed by atoms with Gasteiger partial charge in [-0.2, -0.15) is 0 Å². The van der Waals surface area contributed by atoms with Crippen LogP contribution in [-0.4, -0.2) is 6.21 Å². The van der Waals surface area contributed by atoms with Gasteiger partial charge in [0, 0.05) is 6.21 Å². The topological polar surface area (TPSA) is 12.4 Å². The second kappa shape index (κ2) is 6.14. The molecular weight excluding hydrogens is 261 g/mol. The van der Waals surface area contributed by atoms with E-state index in [4.69, 9.17) is 0 Å². The van der Waals surface area contributed by atoms with Crippen molar-refractivity contribution in [1.82, 2.24) is 0 Å². The molecule has 0 bridgehead atoms. The number of rotatable bonds is 3. The van der Waals surface area contributed by atoms with Crippen LogP contribution in [0.1, 0.15) is 5.56 Å². The molecule has 0 saturated carbocycles. The third kappa shape index (κ3) is 3.42. The first-order chi connectivity index (χ1) is 10.3. The van der Waals surface area contributed by atoms with Gasteiger partial charge in [-0.15, -0.1) is 0 Å². The third-order valence-electron chi connectivity index (χ3n) is 3.19. The summed E-state index contributed by atoms with van der Waals surface area (Å²) >= 11 is 0. The van der Waals surface area contributed by atoms with E-state index in [1.54, 1.807) is 18.3 Å². The number of halogens is 1. The molecule has 0 radical (unpaired) electrons. The number of hydrogen-bond donors (Lipinski definition) is 0. The first-order valence-electron chi connectivity index (χ1n) is 6.76. The van der Waals surface area contributed by atoms with Crippen molar-refractivity contribution >= 4 is 11.9 Å². The summed E-state index contributed by atoms with van der Waals surface area (Å²) in [6.45, 7) is 0. The first-order valence-corrected chi connectivity index (χ1v) is 6.76. The largest absolute Gasteiger partial charge is 0.256 e. The summed E-state index contributed by atoms with van der Waals surface area (Å²) < 4.78 is 12.8. The maximum Gasteiger partial charge on any atom is 0.123 e. The number of benzene rings is 3. The van der Waals surface area contributed by atoms with Crippen LogP contribution in [0.2, 0.25) is 0 Å². The Morgan fingerprint density at radius 2 is 1.43 bits per heavy atom. The lowest BCUT2D eigenvalue weighted by Gasteiger charge is -2.02. The molecule has 3 rings (SSSR count). The fourth-order valence-electron chi connectivity index (χ4n) is 2.09. The maximum absolute atomic E-state index is 12.8. The molecular formula is C19H14FN. The number of hydrogen-bond acceptors (Lipinski definition) is 1. The van der Waals surface area contributed by atoms with E-state index in [-0.39, 0.29) is 5.82 Å². The molecule has 2 heteroatoms. The Kier molecular flexibility index (Phi) is 3.88. The Balaban J connectivity index is 1.85. The molecule has 1 nitrogen and oxygen atoms in total. The van der Waals surface area contributed by atoms with Gasteiger partial charge in [-0.25, -0.2) is 4.39 Å². The van der Waals surface area contributed by atoms with Gasteiger partial charge in [-0.3, -0.25) is 4.99 Å². The lowest BCUT2D eigenvalue weighted by molar-refractivity contribution is 0.628. The number of aliphatic imine (C=N–C) groups is 1. The first kappa shape index (κ1) is 13.3. The zero-order valence-electron chi connectivity index (χ0n) is 11.4. The maximum atomic E-state index is 12.8. The van der Waals surface area contributed by atoms with E-state index in [1.807, 2.05) is 36.4 Å². The average Bonchev–Trinajstić information content (AvgIpc) is 2.55. The molecule has 21 heavy (non-hydrogen) atoms. The minimum absolute atomic E-state index is 0.238. The molecule has 102 valence electrons. The Hall–Kier alpha value is -2.74. The highest BCUT2D eigenvalue weighted by Crippen LogP contribution is 2.23. The molecule has 0 aliphatic rings. The zero-order valence-corrected chi connectivity index (χ0v) is 11.4. The van der Waals surface area contributed by atoms with Gasteiger partial charge in [0.2, 0.25) is 0 Å². The van der Waals surface area contributed by atoms with Crippen LogP contribution in [0, 0.1) is 5.82 Å². The van der Waals surface area contributed by atoms with E-state index in [2.05, 4.69) is 23.2 Å². The Labute approximate surface area is 123 Å². The summed E-state index contributed by atoms with van der Waals surface area (Å²) in [6.07, 6.45) is 1.74. The molecule has 0 saturated heterocycles. The molecule has 3 aromatic rings. The van der Waals surface area contributed by atoms with Gasteiger partial charge in [-0.1, -0.05) is 54.6 Å². The quantitative estimate of drug-likeness (QED) is 0.579. The minimum Gasteiger partial charge on any atom is -0.256 e. The van der Waals surface area contributed by atoms with E-state index < -0.39 is 0 Å². The van der Waals surface area contributed by atoms with Gasteiger partial charge in [-0.05, 0) is 41.0 Å². The molecule has 3 aromatic carbocycles. The van der Waals surface area contributed by atoms with Crippen molar-refractivity contribution in [1.29, 1.82) is 0 Å². The zero-order chi connectivity index (χ0) is 14.5. The summed E-state index contributed by atoms with van der Waals surface area (Å²) in [4.78, 5) is 4.44. The molecule has 0 aromatic heterocycles. The number of nitrogens with zero attached hydrogens (tertiary/aromatic N) is 1. The van der Waals surface area contributed by atoms with Crippen molar-refractivity contribution < 1.29 is 4.39 Å². The van der Waals surface area contributed by atoms with E-state index in [0.717, 1.165) is 22.4 Å². The van der Waals surface area contributed by atoms with Crippen LogP contribution in [0.5, 0.6) is 0 Å². The van der Waals surface area contributed by atoms with Gasteiger partial charge in [0.1, 0.15) is 5.82 Å². The fraction of sp³-hybridized carbons (Fsp3) is 0. The normalized spacial score (nSPS) is 10.9. The molecule has 0 unspecified atom stereocenters. The van der Waals surface area contributed by atoms with Gasteiger partial charge < -0.3 is 0 Å². The van der Waals surface area contributed by atoms with E-state index >= 15 is 0 Å². The SMILES string of the molecule is Fc1ccc(/C=N/c2cccc(-c3ccccc3)c2)cc1. The Bertz CT molecular complexity index is 746. The average molecular weight is 275 g/mol. The van der Waals surface area contributed by atoms with Crippen molar-refractivity contribution in [2.45, 2.75) is 0 Å². The van der Waals surface area contributed by atoms with Crippen LogP contribution in [0.15, 0.2) is 83.9 Å². The summed E-state index contributed by atoms with van der Waals surface area (Å²) in [5.41, 5.74) is 4.04. The molecule has 0 N–H and O–H groups in total. The van der Waals surface area contributed by atoms with Crippen LogP contribution in [0.4, 0.5) is 10.1 Å². The van der Waals surface area contributed by atoms with Crippen LogP contribution >= 0.6 is 0 Å². The summed E-state index contributed by atoms with van der Waals surface area (Å²) in [6, 6.07) is 24.5. The van der Waals surface area contributed by atoms with E-state index in [0.29, 0.717) is 0 Å². The van der Waals surface area contributed by atoms with Crippen molar-refractivity contribution in [3.8, 4) is 11.1 Å². The third-order valence-corrected chi connectivity index (χ3v) is 3.19. The second-order valence-electron chi connectivity index (χ2n) is 4.73.